The van der Waals surface area contributed by atoms with Crippen molar-refractivity contribution in [2.24, 2.45) is 0 Å². The average Bonchev–Trinajstić information content (AvgIpc) is 2.37. The summed E-state index contributed by atoms with van der Waals surface area (Å²) in [5.74, 6) is -0.316. The average molecular weight is 282 g/mol. The molecule has 0 spiro atoms. The van der Waals surface area contributed by atoms with Gasteiger partial charge in [0.15, 0.2) is 0 Å². The first-order valence-electron chi connectivity index (χ1n) is 6.56. The van der Waals surface area contributed by atoms with E-state index in [9.17, 15) is 4.79 Å². The Morgan fingerprint density at radius 2 is 1.65 bits per heavy atom. The molecule has 5 heteroatoms. The maximum absolute atomic E-state index is 10.7. The first-order valence-corrected chi connectivity index (χ1v) is 6.56. The first kappa shape index (κ1) is 16.5. The minimum atomic E-state index is -0.946. The van der Waals surface area contributed by atoms with Crippen molar-refractivity contribution < 1.29 is 24.1 Å². The van der Waals surface area contributed by atoms with E-state index >= 15 is 0 Å². The highest BCUT2D eigenvalue weighted by Crippen LogP contribution is 2.12. The van der Waals surface area contributed by atoms with E-state index in [1.807, 2.05) is 20.8 Å². The van der Waals surface area contributed by atoms with E-state index in [4.69, 9.17) is 19.3 Å². The number of benzene rings is 1. The van der Waals surface area contributed by atoms with Crippen LogP contribution in [0.25, 0.3) is 0 Å². The van der Waals surface area contributed by atoms with E-state index in [0.717, 1.165) is 0 Å². The van der Waals surface area contributed by atoms with Gasteiger partial charge in [-0.15, -0.1) is 0 Å². The van der Waals surface area contributed by atoms with Gasteiger partial charge in [-0.2, -0.15) is 0 Å². The van der Waals surface area contributed by atoms with E-state index in [1.54, 1.807) is 12.1 Å². The van der Waals surface area contributed by atoms with Gasteiger partial charge in [0.05, 0.1) is 31.0 Å². The summed E-state index contributed by atoms with van der Waals surface area (Å²) in [7, 11) is 0. The Bertz CT molecular complexity index is 405. The maximum Gasteiger partial charge on any atom is 0.335 e. The SMILES string of the molecule is CC(C)(C)OCCOCCOc1ccc(C(=O)O)cc1. The number of carbonyl (C=O) groups is 1. The number of rotatable bonds is 8. The van der Waals surface area contributed by atoms with Crippen LogP contribution in [0.5, 0.6) is 5.75 Å². The molecule has 1 rings (SSSR count). The van der Waals surface area contributed by atoms with Crippen LogP contribution < -0.4 is 4.74 Å². The van der Waals surface area contributed by atoms with Crippen LogP contribution in [0.1, 0.15) is 31.1 Å². The molecule has 0 atom stereocenters. The zero-order chi connectivity index (χ0) is 15.0. The lowest BCUT2D eigenvalue weighted by atomic mass is 10.2. The van der Waals surface area contributed by atoms with Gasteiger partial charge in [0.1, 0.15) is 12.4 Å². The Morgan fingerprint density at radius 1 is 1.05 bits per heavy atom. The molecule has 20 heavy (non-hydrogen) atoms. The summed E-state index contributed by atoms with van der Waals surface area (Å²) < 4.78 is 16.3. The summed E-state index contributed by atoms with van der Waals surface area (Å²) in [6, 6.07) is 6.28. The third kappa shape index (κ3) is 7.11. The number of hydrogen-bond acceptors (Lipinski definition) is 4. The summed E-state index contributed by atoms with van der Waals surface area (Å²) >= 11 is 0. The second-order valence-corrected chi connectivity index (χ2v) is 5.25. The van der Waals surface area contributed by atoms with Crippen LogP contribution >= 0.6 is 0 Å². The highest BCUT2D eigenvalue weighted by Gasteiger charge is 2.08. The number of aromatic carboxylic acids is 1. The van der Waals surface area contributed by atoms with Crippen LogP contribution in [0.15, 0.2) is 24.3 Å². The molecule has 0 radical (unpaired) electrons. The molecule has 0 fully saturated rings. The van der Waals surface area contributed by atoms with Crippen LogP contribution in [0.2, 0.25) is 0 Å². The van der Waals surface area contributed by atoms with E-state index in [2.05, 4.69) is 0 Å². The van der Waals surface area contributed by atoms with Gasteiger partial charge in [0.25, 0.3) is 0 Å². The normalized spacial score (nSPS) is 11.3. The van der Waals surface area contributed by atoms with Crippen molar-refractivity contribution >= 4 is 5.97 Å². The monoisotopic (exact) mass is 282 g/mol. The van der Waals surface area contributed by atoms with Gasteiger partial charge in [0, 0.05) is 0 Å². The fourth-order valence-electron chi connectivity index (χ4n) is 1.42. The van der Waals surface area contributed by atoms with E-state index in [0.29, 0.717) is 32.2 Å². The Labute approximate surface area is 119 Å². The number of carboxylic acids is 1. The van der Waals surface area contributed by atoms with Gasteiger partial charge in [-0.05, 0) is 45.0 Å². The molecule has 1 aromatic carbocycles. The summed E-state index contributed by atoms with van der Waals surface area (Å²) in [5, 5.41) is 8.76. The van der Waals surface area contributed by atoms with E-state index < -0.39 is 5.97 Å². The Kier molecular flexibility index (Phi) is 6.48. The van der Waals surface area contributed by atoms with Crippen molar-refractivity contribution in [2.45, 2.75) is 26.4 Å². The molecule has 0 saturated heterocycles. The van der Waals surface area contributed by atoms with Crippen molar-refractivity contribution in [1.29, 1.82) is 0 Å². The third-order valence-electron chi connectivity index (χ3n) is 2.36. The molecule has 0 bridgehead atoms. The second kappa shape index (κ2) is 7.87. The minimum Gasteiger partial charge on any atom is -0.491 e. The lowest BCUT2D eigenvalue weighted by Gasteiger charge is -2.19. The van der Waals surface area contributed by atoms with Crippen LogP contribution in [-0.2, 0) is 9.47 Å². The van der Waals surface area contributed by atoms with Crippen LogP contribution in [0.4, 0.5) is 0 Å². The Hall–Kier alpha value is -1.59. The zero-order valence-electron chi connectivity index (χ0n) is 12.2. The first-order chi connectivity index (χ1) is 9.38. The summed E-state index contributed by atoms with van der Waals surface area (Å²) in [6.07, 6.45) is 0. The van der Waals surface area contributed by atoms with Gasteiger partial charge >= 0.3 is 5.97 Å². The minimum absolute atomic E-state index is 0.147. The molecule has 0 saturated carbocycles. The zero-order valence-corrected chi connectivity index (χ0v) is 12.2. The highest BCUT2D eigenvalue weighted by molar-refractivity contribution is 5.87. The predicted octanol–water partition coefficient (Wildman–Crippen LogP) is 2.60. The van der Waals surface area contributed by atoms with Crippen molar-refractivity contribution in [3.63, 3.8) is 0 Å². The largest absolute Gasteiger partial charge is 0.491 e. The van der Waals surface area contributed by atoms with E-state index in [-0.39, 0.29) is 11.2 Å². The quantitative estimate of drug-likeness (QED) is 0.742. The van der Waals surface area contributed by atoms with E-state index in [1.165, 1.54) is 12.1 Å². The molecule has 0 aliphatic carbocycles. The standard InChI is InChI=1S/C15H22O5/c1-15(2,3)20-11-9-18-8-10-19-13-6-4-12(5-7-13)14(16)17/h4-7H,8-11H2,1-3H3,(H,16,17). The van der Waals surface area contributed by atoms with Crippen molar-refractivity contribution in [3.05, 3.63) is 29.8 Å². The second-order valence-electron chi connectivity index (χ2n) is 5.25. The summed E-state index contributed by atoms with van der Waals surface area (Å²) in [4.78, 5) is 10.7. The molecule has 0 aromatic heterocycles. The molecular weight excluding hydrogens is 260 g/mol. The molecular formula is C15H22O5. The smallest absolute Gasteiger partial charge is 0.335 e. The Morgan fingerprint density at radius 3 is 2.20 bits per heavy atom. The van der Waals surface area contributed by atoms with Gasteiger partial charge in [-0.25, -0.2) is 4.79 Å². The molecule has 0 heterocycles. The number of hydrogen-bond donors (Lipinski definition) is 1. The topological polar surface area (TPSA) is 65.0 Å². The summed E-state index contributed by atoms with van der Waals surface area (Å²) in [5.41, 5.74) is 0.0964. The fourth-order valence-corrected chi connectivity index (χ4v) is 1.42. The molecule has 0 aliphatic rings. The van der Waals surface area contributed by atoms with Crippen molar-refractivity contribution in [3.8, 4) is 5.75 Å². The van der Waals surface area contributed by atoms with Crippen molar-refractivity contribution in [1.82, 2.24) is 0 Å². The Balaban J connectivity index is 2.11. The molecule has 0 unspecified atom stereocenters. The van der Waals surface area contributed by atoms with Crippen LogP contribution in [0, 0.1) is 0 Å². The fraction of sp³-hybridized carbons (Fsp3) is 0.533. The van der Waals surface area contributed by atoms with Gasteiger partial charge in [-0.1, -0.05) is 0 Å². The molecule has 0 aliphatic heterocycles. The number of ether oxygens (including phenoxy) is 3. The van der Waals surface area contributed by atoms with Crippen LogP contribution in [-0.4, -0.2) is 43.1 Å². The highest BCUT2D eigenvalue weighted by atomic mass is 16.5. The third-order valence-corrected chi connectivity index (χ3v) is 2.36. The maximum atomic E-state index is 10.7. The molecule has 1 N–H and O–H groups in total. The van der Waals surface area contributed by atoms with Crippen molar-refractivity contribution in [2.75, 3.05) is 26.4 Å². The molecule has 0 amide bonds. The lowest BCUT2D eigenvalue weighted by molar-refractivity contribution is -0.0375. The van der Waals surface area contributed by atoms with Gasteiger partial charge in [-0.3, -0.25) is 0 Å². The van der Waals surface area contributed by atoms with Gasteiger partial charge < -0.3 is 19.3 Å². The molecule has 5 nitrogen and oxygen atoms in total. The molecule has 112 valence electrons. The lowest BCUT2D eigenvalue weighted by Crippen LogP contribution is -2.22. The molecule has 1 aromatic rings. The van der Waals surface area contributed by atoms with Crippen LogP contribution in [0.3, 0.4) is 0 Å². The number of carboxylic acid groups (broad SMARTS) is 1. The predicted molar refractivity (Wildman–Crippen MR) is 75.4 cm³/mol. The summed E-state index contributed by atoms with van der Waals surface area (Å²) in [6.45, 7) is 7.95. The van der Waals surface area contributed by atoms with Gasteiger partial charge in [0.2, 0.25) is 0 Å².